The molecule has 2 saturated carbocycles. The number of aromatic nitrogens is 1. The van der Waals surface area contributed by atoms with E-state index in [1.54, 1.807) is 11.3 Å². The number of hydrogen-bond donors (Lipinski definition) is 1. The molecule has 1 aromatic rings. The molecule has 0 radical (unpaired) electrons. The van der Waals surface area contributed by atoms with Gasteiger partial charge >= 0.3 is 0 Å². The fraction of sp³-hybridized carbons (Fsp3) is 0.667. The van der Waals surface area contributed by atoms with Gasteiger partial charge in [-0.15, -0.1) is 11.3 Å². The minimum absolute atomic E-state index is 0.250. The van der Waals surface area contributed by atoms with Crippen LogP contribution in [0, 0.1) is 24.7 Å². The molecule has 0 spiro atoms. The zero-order chi connectivity index (χ0) is 11.1. The van der Waals surface area contributed by atoms with Crippen molar-refractivity contribution in [3.63, 3.8) is 0 Å². The van der Waals surface area contributed by atoms with Crippen molar-refractivity contribution in [1.29, 1.82) is 0 Å². The van der Waals surface area contributed by atoms with Gasteiger partial charge in [0.25, 0.3) is 0 Å². The van der Waals surface area contributed by atoms with E-state index in [0.717, 1.165) is 30.4 Å². The lowest BCUT2D eigenvalue weighted by Crippen LogP contribution is -2.29. The molecule has 0 aromatic carbocycles. The van der Waals surface area contributed by atoms with Crippen LogP contribution in [0.3, 0.4) is 0 Å². The van der Waals surface area contributed by atoms with Crippen molar-refractivity contribution >= 4 is 17.2 Å². The van der Waals surface area contributed by atoms with Crippen molar-refractivity contribution in [3.05, 3.63) is 16.1 Å². The second-order valence-electron chi connectivity index (χ2n) is 5.00. The molecule has 0 saturated heterocycles. The van der Waals surface area contributed by atoms with E-state index in [1.165, 1.54) is 11.3 Å². The van der Waals surface area contributed by atoms with E-state index in [9.17, 15) is 4.79 Å². The van der Waals surface area contributed by atoms with E-state index in [-0.39, 0.29) is 11.8 Å². The third-order valence-corrected chi connectivity index (χ3v) is 4.82. The van der Waals surface area contributed by atoms with Crippen LogP contribution >= 0.6 is 11.3 Å². The van der Waals surface area contributed by atoms with Crippen LogP contribution in [0.5, 0.6) is 0 Å². The van der Waals surface area contributed by atoms with Gasteiger partial charge in [0.15, 0.2) is 0 Å². The van der Waals surface area contributed by atoms with E-state index < -0.39 is 0 Å². The van der Waals surface area contributed by atoms with Gasteiger partial charge in [0.1, 0.15) is 0 Å². The third kappa shape index (κ3) is 1.86. The molecule has 16 heavy (non-hydrogen) atoms. The van der Waals surface area contributed by atoms with Crippen molar-refractivity contribution in [3.8, 4) is 0 Å². The zero-order valence-corrected chi connectivity index (χ0v) is 10.2. The summed E-state index contributed by atoms with van der Waals surface area (Å²) < 4.78 is 0. The third-order valence-electron chi connectivity index (χ3n) is 3.88. The van der Waals surface area contributed by atoms with Gasteiger partial charge in [-0.05, 0) is 38.0 Å². The molecule has 1 heterocycles. The maximum atomic E-state index is 11.9. The maximum absolute atomic E-state index is 11.9. The normalized spacial score (nSPS) is 31.2. The second kappa shape index (κ2) is 3.84. The Hall–Kier alpha value is -0.900. The van der Waals surface area contributed by atoms with Crippen molar-refractivity contribution in [2.75, 3.05) is 0 Å². The summed E-state index contributed by atoms with van der Waals surface area (Å²) in [5.74, 6) is 2.29. The molecular weight excluding hydrogens is 220 g/mol. The van der Waals surface area contributed by atoms with E-state index in [4.69, 9.17) is 0 Å². The van der Waals surface area contributed by atoms with Crippen LogP contribution < -0.4 is 5.32 Å². The summed E-state index contributed by atoms with van der Waals surface area (Å²) in [4.78, 5) is 17.2. The minimum Gasteiger partial charge on any atom is -0.351 e. The molecule has 3 rings (SSSR count). The predicted octanol–water partition coefficient (Wildman–Crippen LogP) is 2.11. The largest absolute Gasteiger partial charge is 0.351 e. The summed E-state index contributed by atoms with van der Waals surface area (Å²) in [6.07, 6.45) is 3.62. The Balaban J connectivity index is 1.51. The van der Waals surface area contributed by atoms with Gasteiger partial charge in [0, 0.05) is 10.8 Å². The number of thiazole rings is 1. The Bertz CT molecular complexity index is 405. The quantitative estimate of drug-likeness (QED) is 0.873. The zero-order valence-electron chi connectivity index (χ0n) is 9.40. The first-order valence-corrected chi connectivity index (χ1v) is 6.78. The Morgan fingerprint density at radius 3 is 2.88 bits per heavy atom. The average Bonchev–Trinajstić information content (AvgIpc) is 2.71. The van der Waals surface area contributed by atoms with Gasteiger partial charge in [-0.1, -0.05) is 0 Å². The summed E-state index contributed by atoms with van der Waals surface area (Å²) in [6.45, 7) is 2.64. The Morgan fingerprint density at radius 2 is 2.25 bits per heavy atom. The highest BCUT2D eigenvalue weighted by molar-refractivity contribution is 7.09. The fourth-order valence-electron chi connectivity index (χ4n) is 2.74. The number of amides is 1. The first-order chi connectivity index (χ1) is 7.74. The minimum atomic E-state index is 0.250. The SMILES string of the molecule is Cc1ncsc1CNC(=O)C1CC2CC2C1. The van der Waals surface area contributed by atoms with Gasteiger partial charge in [-0.2, -0.15) is 0 Å². The van der Waals surface area contributed by atoms with E-state index in [0.29, 0.717) is 6.54 Å². The summed E-state index contributed by atoms with van der Waals surface area (Å²) in [5, 5.41) is 3.04. The molecule has 0 bridgehead atoms. The van der Waals surface area contributed by atoms with Gasteiger partial charge in [0.05, 0.1) is 17.7 Å². The highest BCUT2D eigenvalue weighted by Gasteiger charge is 2.47. The van der Waals surface area contributed by atoms with E-state index in [2.05, 4.69) is 10.3 Å². The van der Waals surface area contributed by atoms with Crippen molar-refractivity contribution in [2.45, 2.75) is 32.7 Å². The molecule has 1 aromatic heterocycles. The molecule has 86 valence electrons. The molecule has 2 atom stereocenters. The van der Waals surface area contributed by atoms with Crippen LogP contribution in [0.1, 0.15) is 29.8 Å². The molecule has 2 fully saturated rings. The molecule has 2 aliphatic carbocycles. The number of rotatable bonds is 3. The topological polar surface area (TPSA) is 42.0 Å². The molecule has 1 N–H and O–H groups in total. The first kappa shape index (κ1) is 10.3. The number of carbonyl (C=O) groups is 1. The van der Waals surface area contributed by atoms with Gasteiger partial charge in [-0.25, -0.2) is 4.98 Å². The number of aryl methyl sites for hydroxylation is 1. The van der Waals surface area contributed by atoms with Gasteiger partial charge < -0.3 is 5.32 Å². The number of nitrogens with zero attached hydrogens (tertiary/aromatic N) is 1. The Labute approximate surface area is 99.3 Å². The van der Waals surface area contributed by atoms with Crippen LogP contribution in [-0.4, -0.2) is 10.9 Å². The maximum Gasteiger partial charge on any atom is 0.223 e. The average molecular weight is 236 g/mol. The Morgan fingerprint density at radius 1 is 1.50 bits per heavy atom. The molecule has 2 aliphatic rings. The lowest BCUT2D eigenvalue weighted by molar-refractivity contribution is -0.125. The summed E-state index contributed by atoms with van der Waals surface area (Å²) in [6, 6.07) is 0. The van der Waals surface area contributed by atoms with Crippen LogP contribution in [0.2, 0.25) is 0 Å². The lowest BCUT2D eigenvalue weighted by atomic mass is 10.0. The summed E-state index contributed by atoms with van der Waals surface area (Å²) >= 11 is 1.62. The lowest BCUT2D eigenvalue weighted by Gasteiger charge is -2.11. The number of nitrogens with one attached hydrogen (secondary N) is 1. The summed E-state index contributed by atoms with van der Waals surface area (Å²) in [7, 11) is 0. The molecule has 4 heteroatoms. The van der Waals surface area contributed by atoms with Crippen molar-refractivity contribution in [1.82, 2.24) is 10.3 Å². The van der Waals surface area contributed by atoms with E-state index in [1.807, 2.05) is 12.4 Å². The van der Waals surface area contributed by atoms with Crippen molar-refractivity contribution in [2.24, 2.45) is 17.8 Å². The summed E-state index contributed by atoms with van der Waals surface area (Å²) in [5.41, 5.74) is 2.88. The highest BCUT2D eigenvalue weighted by Crippen LogP contribution is 2.54. The monoisotopic (exact) mass is 236 g/mol. The smallest absolute Gasteiger partial charge is 0.223 e. The fourth-order valence-corrected chi connectivity index (χ4v) is 3.45. The molecule has 0 aliphatic heterocycles. The van der Waals surface area contributed by atoms with Crippen LogP contribution in [-0.2, 0) is 11.3 Å². The molecule has 1 amide bonds. The molecular formula is C12H16N2OS. The van der Waals surface area contributed by atoms with Gasteiger partial charge in [-0.3, -0.25) is 4.79 Å². The van der Waals surface area contributed by atoms with Crippen molar-refractivity contribution < 1.29 is 4.79 Å². The number of fused-ring (bicyclic) bond motifs is 1. The van der Waals surface area contributed by atoms with Crippen LogP contribution in [0.4, 0.5) is 0 Å². The highest BCUT2D eigenvalue weighted by atomic mass is 32.1. The standard InChI is InChI=1S/C12H16N2OS/c1-7-11(16-6-14-7)5-13-12(15)10-3-8-2-9(8)4-10/h6,8-10H,2-5H2,1H3,(H,13,15). The molecule has 2 unspecified atom stereocenters. The Kier molecular flexibility index (Phi) is 2.46. The van der Waals surface area contributed by atoms with Crippen LogP contribution in [0.25, 0.3) is 0 Å². The number of hydrogen-bond acceptors (Lipinski definition) is 3. The van der Waals surface area contributed by atoms with E-state index >= 15 is 0 Å². The second-order valence-corrected chi connectivity index (χ2v) is 5.94. The number of carbonyl (C=O) groups excluding carboxylic acids is 1. The van der Waals surface area contributed by atoms with Crippen LogP contribution in [0.15, 0.2) is 5.51 Å². The predicted molar refractivity (Wildman–Crippen MR) is 63.0 cm³/mol. The van der Waals surface area contributed by atoms with Gasteiger partial charge in [0.2, 0.25) is 5.91 Å². The molecule has 3 nitrogen and oxygen atoms in total. The first-order valence-electron chi connectivity index (χ1n) is 5.90.